The van der Waals surface area contributed by atoms with Crippen LogP contribution < -0.4 is 5.32 Å². The molecule has 1 atom stereocenters. The Morgan fingerprint density at radius 2 is 2.00 bits per heavy atom. The van der Waals surface area contributed by atoms with Gasteiger partial charge in [0.25, 0.3) is 0 Å². The number of benzene rings is 1. The third-order valence-electron chi connectivity index (χ3n) is 3.06. The smallest absolute Gasteiger partial charge is 0.0522 e. The van der Waals surface area contributed by atoms with Gasteiger partial charge in [0.1, 0.15) is 0 Å². The van der Waals surface area contributed by atoms with Gasteiger partial charge in [-0.2, -0.15) is 5.10 Å². The lowest BCUT2D eigenvalue weighted by molar-refractivity contribution is 0.531. The molecule has 1 heterocycles. The third-order valence-corrected chi connectivity index (χ3v) is 3.59. The highest BCUT2D eigenvalue weighted by Gasteiger charge is 2.06. The van der Waals surface area contributed by atoms with Crippen molar-refractivity contribution < 1.29 is 0 Å². The van der Waals surface area contributed by atoms with E-state index in [1.807, 2.05) is 10.9 Å². The van der Waals surface area contributed by atoms with Gasteiger partial charge in [-0.25, -0.2) is 0 Å². The molecule has 4 heteroatoms. The number of rotatable bonds is 5. The van der Waals surface area contributed by atoms with Crippen LogP contribution in [-0.2, 0) is 13.1 Å². The summed E-state index contributed by atoms with van der Waals surface area (Å²) in [7, 11) is 0. The summed E-state index contributed by atoms with van der Waals surface area (Å²) in [5.41, 5.74) is 2.52. The first kappa shape index (κ1) is 13.3. The molecule has 96 valence electrons. The topological polar surface area (TPSA) is 29.9 Å². The summed E-state index contributed by atoms with van der Waals surface area (Å²) >= 11 is 3.45. The first-order valence-corrected chi connectivity index (χ1v) is 6.99. The molecule has 2 aromatic rings. The van der Waals surface area contributed by atoms with Gasteiger partial charge in [-0.1, -0.05) is 28.1 Å². The number of nitrogens with zero attached hydrogens (tertiary/aromatic N) is 2. The van der Waals surface area contributed by atoms with Gasteiger partial charge >= 0.3 is 0 Å². The minimum Gasteiger partial charge on any atom is -0.305 e. The van der Waals surface area contributed by atoms with Crippen LogP contribution in [0.3, 0.4) is 0 Å². The number of nitrogens with one attached hydrogen (secondary N) is 1. The average molecular weight is 308 g/mol. The molecular weight excluding hydrogens is 290 g/mol. The van der Waals surface area contributed by atoms with Gasteiger partial charge in [0, 0.05) is 29.8 Å². The number of hydrogen-bond acceptors (Lipinski definition) is 2. The zero-order chi connectivity index (χ0) is 13.0. The lowest BCUT2D eigenvalue weighted by atomic mass is 10.1. The maximum absolute atomic E-state index is 4.27. The lowest BCUT2D eigenvalue weighted by Gasteiger charge is -2.14. The normalized spacial score (nSPS) is 12.6. The van der Waals surface area contributed by atoms with Gasteiger partial charge in [-0.05, 0) is 37.6 Å². The van der Waals surface area contributed by atoms with E-state index in [9.17, 15) is 0 Å². The Morgan fingerprint density at radius 3 is 2.67 bits per heavy atom. The molecule has 1 aromatic heterocycles. The van der Waals surface area contributed by atoms with E-state index in [2.05, 4.69) is 70.5 Å². The molecule has 0 aliphatic heterocycles. The molecule has 0 aliphatic carbocycles. The summed E-state index contributed by atoms with van der Waals surface area (Å²) in [6.45, 7) is 6.03. The quantitative estimate of drug-likeness (QED) is 0.916. The largest absolute Gasteiger partial charge is 0.305 e. The minimum atomic E-state index is 0.332. The zero-order valence-corrected chi connectivity index (χ0v) is 12.3. The first-order chi connectivity index (χ1) is 8.70. The number of hydrogen-bond donors (Lipinski definition) is 1. The second-order valence-corrected chi connectivity index (χ2v) is 5.21. The average Bonchev–Trinajstić information content (AvgIpc) is 2.84. The van der Waals surface area contributed by atoms with Crippen LogP contribution in [0.1, 0.15) is 31.1 Å². The Labute approximate surface area is 116 Å². The minimum absolute atomic E-state index is 0.332. The monoisotopic (exact) mass is 307 g/mol. The molecule has 1 aromatic carbocycles. The molecule has 0 bridgehead atoms. The van der Waals surface area contributed by atoms with Crippen molar-refractivity contribution in [3.05, 3.63) is 52.3 Å². The Kier molecular flexibility index (Phi) is 4.55. The molecule has 18 heavy (non-hydrogen) atoms. The molecular formula is C14H18BrN3. The highest BCUT2D eigenvalue weighted by Crippen LogP contribution is 2.16. The van der Waals surface area contributed by atoms with Crippen molar-refractivity contribution in [1.29, 1.82) is 0 Å². The fraction of sp³-hybridized carbons (Fsp3) is 0.357. The second kappa shape index (κ2) is 6.16. The molecule has 0 amide bonds. The molecule has 0 saturated heterocycles. The third kappa shape index (κ3) is 3.21. The molecule has 0 radical (unpaired) electrons. The summed E-state index contributed by atoms with van der Waals surface area (Å²) in [4.78, 5) is 0. The Morgan fingerprint density at radius 1 is 1.28 bits per heavy atom. The Hall–Kier alpha value is -1.13. The van der Waals surface area contributed by atoms with E-state index in [0.29, 0.717) is 6.04 Å². The van der Waals surface area contributed by atoms with Crippen LogP contribution in [0, 0.1) is 0 Å². The van der Waals surface area contributed by atoms with Crippen LogP contribution in [-0.4, -0.2) is 9.78 Å². The lowest BCUT2D eigenvalue weighted by Crippen LogP contribution is -2.20. The van der Waals surface area contributed by atoms with E-state index in [0.717, 1.165) is 17.6 Å². The number of aryl methyl sites for hydroxylation is 1. The summed E-state index contributed by atoms with van der Waals surface area (Å²) in [6, 6.07) is 10.8. The highest BCUT2D eigenvalue weighted by molar-refractivity contribution is 9.10. The van der Waals surface area contributed by atoms with Crippen LogP contribution in [0.2, 0.25) is 0 Å². The van der Waals surface area contributed by atoms with Crippen molar-refractivity contribution in [3.8, 4) is 0 Å². The predicted octanol–water partition coefficient (Wildman–Crippen LogP) is 3.52. The molecule has 2 rings (SSSR count). The van der Waals surface area contributed by atoms with E-state index in [-0.39, 0.29) is 0 Å². The Balaban J connectivity index is 1.96. The first-order valence-electron chi connectivity index (χ1n) is 6.20. The molecule has 3 nitrogen and oxygen atoms in total. The summed E-state index contributed by atoms with van der Waals surface area (Å²) in [5.74, 6) is 0. The van der Waals surface area contributed by atoms with E-state index in [1.54, 1.807) is 0 Å². The maximum Gasteiger partial charge on any atom is 0.0522 e. The summed E-state index contributed by atoms with van der Waals surface area (Å²) < 4.78 is 3.13. The van der Waals surface area contributed by atoms with E-state index < -0.39 is 0 Å². The van der Waals surface area contributed by atoms with Crippen molar-refractivity contribution in [2.45, 2.75) is 33.0 Å². The van der Waals surface area contributed by atoms with Gasteiger partial charge in [0.05, 0.1) is 5.69 Å². The van der Waals surface area contributed by atoms with Crippen molar-refractivity contribution in [1.82, 2.24) is 15.1 Å². The van der Waals surface area contributed by atoms with Crippen molar-refractivity contribution in [2.75, 3.05) is 0 Å². The molecule has 1 N–H and O–H groups in total. The van der Waals surface area contributed by atoms with Crippen LogP contribution in [0.4, 0.5) is 0 Å². The van der Waals surface area contributed by atoms with E-state index in [1.165, 1.54) is 11.3 Å². The molecule has 0 fully saturated rings. The van der Waals surface area contributed by atoms with Crippen molar-refractivity contribution in [3.63, 3.8) is 0 Å². The zero-order valence-electron chi connectivity index (χ0n) is 10.7. The van der Waals surface area contributed by atoms with E-state index in [4.69, 9.17) is 0 Å². The van der Waals surface area contributed by atoms with Gasteiger partial charge in [-0.3, -0.25) is 4.68 Å². The predicted molar refractivity (Wildman–Crippen MR) is 77.3 cm³/mol. The van der Waals surface area contributed by atoms with Crippen LogP contribution in [0.25, 0.3) is 0 Å². The van der Waals surface area contributed by atoms with Crippen molar-refractivity contribution in [2.24, 2.45) is 0 Å². The summed E-state index contributed by atoms with van der Waals surface area (Å²) in [5, 5.41) is 7.79. The van der Waals surface area contributed by atoms with Crippen LogP contribution >= 0.6 is 15.9 Å². The molecule has 0 saturated carbocycles. The molecule has 0 spiro atoms. The van der Waals surface area contributed by atoms with Crippen molar-refractivity contribution >= 4 is 15.9 Å². The Bertz CT molecular complexity index is 490. The second-order valence-electron chi connectivity index (χ2n) is 4.29. The number of aromatic nitrogens is 2. The summed E-state index contributed by atoms with van der Waals surface area (Å²) in [6.07, 6.45) is 1.85. The number of halogens is 1. The highest BCUT2D eigenvalue weighted by atomic mass is 79.9. The van der Waals surface area contributed by atoms with Gasteiger partial charge in [0.15, 0.2) is 0 Å². The fourth-order valence-electron chi connectivity index (χ4n) is 1.92. The maximum atomic E-state index is 4.27. The van der Waals surface area contributed by atoms with E-state index >= 15 is 0 Å². The molecule has 0 aliphatic rings. The van der Waals surface area contributed by atoms with Gasteiger partial charge in [0.2, 0.25) is 0 Å². The SMILES string of the molecule is CCn1nccc1CNC(C)c1ccc(Br)cc1. The van der Waals surface area contributed by atoms with Crippen LogP contribution in [0.15, 0.2) is 41.0 Å². The van der Waals surface area contributed by atoms with Crippen LogP contribution in [0.5, 0.6) is 0 Å². The van der Waals surface area contributed by atoms with Gasteiger partial charge < -0.3 is 5.32 Å². The van der Waals surface area contributed by atoms with Gasteiger partial charge in [-0.15, -0.1) is 0 Å². The fourth-order valence-corrected chi connectivity index (χ4v) is 2.19. The molecule has 1 unspecified atom stereocenters. The standard InChI is InChI=1S/C14H18BrN3/c1-3-18-14(8-9-17-18)10-16-11(2)12-4-6-13(15)7-5-12/h4-9,11,16H,3,10H2,1-2H3.